The molecule has 8 rings (SSSR count). The van der Waals surface area contributed by atoms with Gasteiger partial charge in [-0.05, 0) is 33.4 Å². The SMILES string of the molecule is O=c1[nH]cnc2c1ncn2C(COC(c1ccccc1)(c1ccccc1)c1ccccc1)COC(c1ccccc1)(c1ccccc1)c1ccccc1. The summed E-state index contributed by atoms with van der Waals surface area (Å²) in [5.41, 5.74) is 4.29. The molecule has 0 amide bonds. The van der Waals surface area contributed by atoms with E-state index in [9.17, 15) is 4.79 Å². The van der Waals surface area contributed by atoms with Crippen molar-refractivity contribution in [2.75, 3.05) is 13.2 Å². The van der Waals surface area contributed by atoms with Crippen molar-refractivity contribution in [2.45, 2.75) is 17.2 Å². The van der Waals surface area contributed by atoms with Crippen LogP contribution >= 0.6 is 0 Å². The largest absolute Gasteiger partial charge is 0.359 e. The van der Waals surface area contributed by atoms with Crippen molar-refractivity contribution < 1.29 is 9.47 Å². The lowest BCUT2D eigenvalue weighted by atomic mass is 9.80. The summed E-state index contributed by atoms with van der Waals surface area (Å²) in [4.78, 5) is 24.7. The van der Waals surface area contributed by atoms with Gasteiger partial charge in [0, 0.05) is 0 Å². The molecular formula is C46H38N4O3. The summed E-state index contributed by atoms with van der Waals surface area (Å²) < 4.78 is 16.7. The fourth-order valence-corrected chi connectivity index (χ4v) is 7.32. The number of nitrogens with one attached hydrogen (secondary N) is 1. The Bertz CT molecular complexity index is 2100. The van der Waals surface area contributed by atoms with Crippen LogP contribution in [0.25, 0.3) is 11.2 Å². The molecule has 0 saturated carbocycles. The normalized spacial score (nSPS) is 11.9. The van der Waals surface area contributed by atoms with Gasteiger partial charge in [0.2, 0.25) is 0 Å². The number of rotatable bonds is 13. The van der Waals surface area contributed by atoms with Gasteiger partial charge in [-0.15, -0.1) is 0 Å². The van der Waals surface area contributed by atoms with E-state index in [-0.39, 0.29) is 24.3 Å². The first-order chi connectivity index (χ1) is 26.2. The molecule has 7 heteroatoms. The molecule has 0 spiro atoms. The highest BCUT2D eigenvalue weighted by Crippen LogP contribution is 2.43. The van der Waals surface area contributed by atoms with Crippen molar-refractivity contribution >= 4 is 11.2 Å². The first-order valence-electron chi connectivity index (χ1n) is 17.7. The van der Waals surface area contributed by atoms with Gasteiger partial charge in [0.1, 0.15) is 11.2 Å². The highest BCUT2D eigenvalue weighted by Gasteiger charge is 2.41. The van der Waals surface area contributed by atoms with E-state index >= 15 is 0 Å². The molecule has 8 aromatic rings. The van der Waals surface area contributed by atoms with Crippen LogP contribution in [0.2, 0.25) is 0 Å². The highest BCUT2D eigenvalue weighted by molar-refractivity contribution is 5.69. The standard InChI is InChI=1S/C46H38N4O3/c51-44-42-43(47-33-48-44)50(34-49-42)41(31-52-45(35-19-7-1-8-20-35,36-21-9-2-10-22-36)37-23-11-3-12-24-37)32-53-46(38-25-13-4-14-26-38,39-27-15-5-16-28-39)40-29-17-6-18-30-40/h1-30,33-34,41H,31-32H2,(H,47,48,51). The van der Waals surface area contributed by atoms with Gasteiger partial charge < -0.3 is 19.0 Å². The second-order valence-electron chi connectivity index (χ2n) is 12.9. The zero-order chi connectivity index (χ0) is 35.9. The number of aromatic nitrogens is 4. The Morgan fingerprint density at radius 2 is 0.811 bits per heavy atom. The number of nitrogens with zero attached hydrogens (tertiary/aromatic N) is 3. The van der Waals surface area contributed by atoms with E-state index < -0.39 is 17.2 Å². The smallest absolute Gasteiger partial charge is 0.278 e. The fourth-order valence-electron chi connectivity index (χ4n) is 7.32. The Morgan fingerprint density at radius 3 is 1.13 bits per heavy atom. The molecule has 2 aromatic heterocycles. The van der Waals surface area contributed by atoms with Gasteiger partial charge in [0.05, 0.1) is 31.9 Å². The lowest BCUT2D eigenvalue weighted by Crippen LogP contribution is -2.38. The number of fused-ring (bicyclic) bond motifs is 1. The number of aromatic amines is 1. The third-order valence-corrected chi connectivity index (χ3v) is 9.82. The summed E-state index contributed by atoms with van der Waals surface area (Å²) >= 11 is 0. The molecular weight excluding hydrogens is 657 g/mol. The topological polar surface area (TPSA) is 82.0 Å². The summed E-state index contributed by atoms with van der Waals surface area (Å²) in [6, 6.07) is 61.2. The predicted octanol–water partition coefficient (Wildman–Crippen LogP) is 8.68. The maximum Gasteiger partial charge on any atom is 0.278 e. The van der Waals surface area contributed by atoms with Crippen molar-refractivity contribution in [1.29, 1.82) is 0 Å². The molecule has 0 saturated heterocycles. The maximum atomic E-state index is 12.9. The van der Waals surface area contributed by atoms with Crippen LogP contribution in [0.4, 0.5) is 0 Å². The molecule has 0 bridgehead atoms. The van der Waals surface area contributed by atoms with Gasteiger partial charge in [-0.1, -0.05) is 182 Å². The molecule has 0 aliphatic heterocycles. The van der Waals surface area contributed by atoms with Gasteiger partial charge in [-0.2, -0.15) is 0 Å². The summed E-state index contributed by atoms with van der Waals surface area (Å²) in [5.74, 6) is 0. The lowest BCUT2D eigenvalue weighted by molar-refractivity contribution is -0.0511. The van der Waals surface area contributed by atoms with E-state index in [0.29, 0.717) is 5.65 Å². The Hall–Kier alpha value is -6.41. The van der Waals surface area contributed by atoms with E-state index in [1.54, 1.807) is 6.33 Å². The van der Waals surface area contributed by atoms with Crippen LogP contribution in [-0.2, 0) is 20.7 Å². The number of ether oxygens (including phenoxy) is 2. The van der Waals surface area contributed by atoms with Crippen LogP contribution in [-0.4, -0.2) is 32.7 Å². The average Bonchev–Trinajstić information content (AvgIpc) is 3.68. The minimum Gasteiger partial charge on any atom is -0.359 e. The van der Waals surface area contributed by atoms with Gasteiger partial charge >= 0.3 is 0 Å². The van der Waals surface area contributed by atoms with Crippen LogP contribution in [0.15, 0.2) is 199 Å². The second kappa shape index (κ2) is 15.1. The molecule has 7 nitrogen and oxygen atoms in total. The van der Waals surface area contributed by atoms with Crippen molar-refractivity contribution in [3.8, 4) is 0 Å². The average molecular weight is 695 g/mol. The van der Waals surface area contributed by atoms with Crippen LogP contribution in [0.3, 0.4) is 0 Å². The molecule has 0 aliphatic rings. The Labute approximate surface area is 308 Å². The fraction of sp³-hybridized carbons (Fsp3) is 0.109. The van der Waals surface area contributed by atoms with Gasteiger partial charge in [0.15, 0.2) is 11.2 Å². The van der Waals surface area contributed by atoms with Gasteiger partial charge in [-0.25, -0.2) is 9.97 Å². The third-order valence-electron chi connectivity index (χ3n) is 9.82. The van der Waals surface area contributed by atoms with Crippen LogP contribution < -0.4 is 5.56 Å². The Kier molecular flexibility index (Phi) is 9.58. The van der Waals surface area contributed by atoms with Crippen molar-refractivity contribution in [2.24, 2.45) is 0 Å². The van der Waals surface area contributed by atoms with Gasteiger partial charge in [-0.3, -0.25) is 4.79 Å². The van der Waals surface area contributed by atoms with E-state index in [2.05, 4.69) is 87.7 Å². The van der Waals surface area contributed by atoms with E-state index in [4.69, 9.17) is 9.47 Å². The first kappa shape index (κ1) is 33.7. The molecule has 2 heterocycles. The molecule has 0 atom stereocenters. The monoisotopic (exact) mass is 694 g/mol. The summed E-state index contributed by atoms with van der Waals surface area (Å²) in [7, 11) is 0. The quantitative estimate of drug-likeness (QED) is 0.122. The molecule has 0 unspecified atom stereocenters. The zero-order valence-electron chi connectivity index (χ0n) is 29.0. The molecule has 0 fully saturated rings. The van der Waals surface area contributed by atoms with Crippen molar-refractivity contribution in [3.63, 3.8) is 0 Å². The van der Waals surface area contributed by atoms with Crippen LogP contribution in [0.5, 0.6) is 0 Å². The number of hydrogen-bond donors (Lipinski definition) is 1. The molecule has 0 radical (unpaired) electrons. The third kappa shape index (κ3) is 6.37. The molecule has 260 valence electrons. The number of H-pyrrole nitrogens is 1. The van der Waals surface area contributed by atoms with E-state index in [1.165, 1.54) is 6.33 Å². The minimum absolute atomic E-state index is 0.174. The zero-order valence-corrected chi connectivity index (χ0v) is 29.0. The summed E-state index contributed by atoms with van der Waals surface area (Å²) in [6.45, 7) is 0.347. The Morgan fingerprint density at radius 1 is 0.491 bits per heavy atom. The number of benzene rings is 6. The summed E-state index contributed by atoms with van der Waals surface area (Å²) in [6.07, 6.45) is 3.07. The second-order valence-corrected chi connectivity index (χ2v) is 12.9. The molecule has 0 aliphatic carbocycles. The van der Waals surface area contributed by atoms with Crippen LogP contribution in [0, 0.1) is 0 Å². The predicted molar refractivity (Wildman–Crippen MR) is 208 cm³/mol. The highest BCUT2D eigenvalue weighted by atomic mass is 16.5. The minimum atomic E-state index is -0.987. The molecule has 53 heavy (non-hydrogen) atoms. The van der Waals surface area contributed by atoms with Crippen molar-refractivity contribution in [1.82, 2.24) is 19.5 Å². The number of hydrogen-bond acceptors (Lipinski definition) is 5. The first-order valence-corrected chi connectivity index (χ1v) is 17.7. The Balaban J connectivity index is 1.29. The maximum absolute atomic E-state index is 12.9. The van der Waals surface area contributed by atoms with E-state index in [1.807, 2.05) is 114 Å². The van der Waals surface area contributed by atoms with Gasteiger partial charge in [0.25, 0.3) is 5.56 Å². The molecule has 6 aromatic carbocycles. The summed E-state index contributed by atoms with van der Waals surface area (Å²) in [5, 5.41) is 0. The lowest BCUT2D eigenvalue weighted by Gasteiger charge is -2.39. The van der Waals surface area contributed by atoms with E-state index in [0.717, 1.165) is 33.4 Å². The van der Waals surface area contributed by atoms with Crippen LogP contribution in [0.1, 0.15) is 39.4 Å². The number of imidazole rings is 1. The van der Waals surface area contributed by atoms with Crippen molar-refractivity contribution in [3.05, 3.63) is 238 Å². The molecule has 1 N–H and O–H groups in total.